The zero-order valence-electron chi connectivity index (χ0n) is 12.1. The first-order valence-electron chi connectivity index (χ1n) is 7.17. The van der Waals surface area contributed by atoms with E-state index in [1.807, 2.05) is 35.9 Å². The predicted molar refractivity (Wildman–Crippen MR) is 85.8 cm³/mol. The van der Waals surface area contributed by atoms with E-state index in [0.29, 0.717) is 5.69 Å². The molecule has 1 aromatic carbocycles. The Kier molecular flexibility index (Phi) is 3.09. The number of fused-ring (bicyclic) bond motifs is 2. The third kappa shape index (κ3) is 2.34. The van der Waals surface area contributed by atoms with Crippen molar-refractivity contribution < 1.29 is 8.42 Å². The number of nitrogens with zero attached hydrogens (tertiary/aromatic N) is 3. The molecule has 0 bridgehead atoms. The fraction of sp³-hybridized carbons (Fsp3) is 0.333. The highest BCUT2D eigenvalue weighted by atomic mass is 32.2. The van der Waals surface area contributed by atoms with Crippen LogP contribution in [-0.4, -0.2) is 23.2 Å². The summed E-state index contributed by atoms with van der Waals surface area (Å²) < 4.78 is 28.2. The van der Waals surface area contributed by atoms with E-state index in [2.05, 4.69) is 10.1 Å². The van der Waals surface area contributed by atoms with Crippen molar-refractivity contribution in [3.05, 3.63) is 41.2 Å². The summed E-state index contributed by atoms with van der Waals surface area (Å²) in [6.07, 6.45) is 2.07. The fourth-order valence-corrected chi connectivity index (χ4v) is 5.32. The van der Waals surface area contributed by atoms with Crippen LogP contribution in [0.5, 0.6) is 0 Å². The lowest BCUT2D eigenvalue weighted by molar-refractivity contribution is 0.592. The Hall–Kier alpha value is -1.73. The molecule has 22 heavy (non-hydrogen) atoms. The second-order valence-corrected chi connectivity index (χ2v) is 8.86. The number of aromatic nitrogens is 3. The Balaban J connectivity index is 1.68. The average Bonchev–Trinajstić information content (AvgIpc) is 3.10. The molecule has 0 N–H and O–H groups in total. The van der Waals surface area contributed by atoms with Crippen molar-refractivity contribution in [2.75, 3.05) is 0 Å². The van der Waals surface area contributed by atoms with E-state index in [9.17, 15) is 8.42 Å². The number of hydrogen-bond acceptors (Lipinski definition) is 5. The molecule has 0 fully saturated rings. The van der Waals surface area contributed by atoms with Gasteiger partial charge in [-0.15, -0.1) is 11.3 Å². The Morgan fingerprint density at radius 1 is 1.32 bits per heavy atom. The lowest BCUT2D eigenvalue weighted by Crippen LogP contribution is -2.06. The van der Waals surface area contributed by atoms with Crippen LogP contribution in [0, 0.1) is 6.92 Å². The molecule has 1 aliphatic rings. The van der Waals surface area contributed by atoms with Gasteiger partial charge in [-0.1, -0.05) is 6.07 Å². The summed E-state index contributed by atoms with van der Waals surface area (Å²) in [6.45, 7) is 2.86. The molecule has 0 aliphatic carbocycles. The van der Waals surface area contributed by atoms with Crippen LogP contribution >= 0.6 is 11.3 Å². The molecular weight excluding hydrogens is 318 g/mol. The van der Waals surface area contributed by atoms with Crippen molar-refractivity contribution in [3.8, 4) is 0 Å². The van der Waals surface area contributed by atoms with Gasteiger partial charge in [0.05, 0.1) is 15.9 Å². The Labute approximate surface area is 132 Å². The lowest BCUT2D eigenvalue weighted by Gasteiger charge is -1.97. The molecule has 2 aromatic heterocycles. The number of rotatable bonds is 3. The van der Waals surface area contributed by atoms with Gasteiger partial charge in [0.25, 0.3) is 0 Å². The SMILES string of the molecule is Cc1ccc2sc(S(=O)(=O)Cc3cc4n(n3)CCC4)nc2c1. The maximum absolute atomic E-state index is 12.6. The molecule has 0 spiro atoms. The molecule has 3 aromatic rings. The number of sulfone groups is 1. The van der Waals surface area contributed by atoms with E-state index in [1.54, 1.807) is 0 Å². The summed E-state index contributed by atoms with van der Waals surface area (Å²) in [7, 11) is -3.44. The molecule has 0 radical (unpaired) electrons. The molecule has 0 atom stereocenters. The molecule has 0 saturated heterocycles. The normalized spacial score (nSPS) is 14.6. The summed E-state index contributed by atoms with van der Waals surface area (Å²) in [5.74, 6) is -0.0776. The minimum absolute atomic E-state index is 0.0776. The van der Waals surface area contributed by atoms with Crippen LogP contribution < -0.4 is 0 Å². The van der Waals surface area contributed by atoms with Crippen molar-refractivity contribution >= 4 is 31.4 Å². The second-order valence-electron chi connectivity index (χ2n) is 5.66. The van der Waals surface area contributed by atoms with Gasteiger partial charge in [-0.2, -0.15) is 5.10 Å². The van der Waals surface area contributed by atoms with Crippen LogP contribution in [0.1, 0.15) is 23.4 Å². The summed E-state index contributed by atoms with van der Waals surface area (Å²) in [6, 6.07) is 7.71. The maximum Gasteiger partial charge on any atom is 0.211 e. The molecule has 3 heterocycles. The molecule has 1 aliphatic heterocycles. The number of hydrogen-bond donors (Lipinski definition) is 0. The first kappa shape index (κ1) is 13.9. The second kappa shape index (κ2) is 4.89. The van der Waals surface area contributed by atoms with E-state index in [1.165, 1.54) is 11.3 Å². The molecule has 0 saturated carbocycles. The molecule has 7 heteroatoms. The zero-order valence-corrected chi connectivity index (χ0v) is 13.7. The zero-order chi connectivity index (χ0) is 15.3. The monoisotopic (exact) mass is 333 g/mol. The van der Waals surface area contributed by atoms with E-state index in [4.69, 9.17) is 0 Å². The third-order valence-electron chi connectivity index (χ3n) is 3.84. The van der Waals surface area contributed by atoms with Gasteiger partial charge in [0, 0.05) is 12.2 Å². The first-order valence-corrected chi connectivity index (χ1v) is 9.64. The van der Waals surface area contributed by atoms with Crippen LogP contribution in [0.4, 0.5) is 0 Å². The summed E-state index contributed by atoms with van der Waals surface area (Å²) in [4.78, 5) is 4.30. The maximum atomic E-state index is 12.6. The summed E-state index contributed by atoms with van der Waals surface area (Å²) in [5.41, 5.74) is 3.57. The van der Waals surface area contributed by atoms with Crippen LogP contribution in [0.15, 0.2) is 28.6 Å². The molecular formula is C15H15N3O2S2. The van der Waals surface area contributed by atoms with Crippen LogP contribution in [0.3, 0.4) is 0 Å². The van der Waals surface area contributed by atoms with E-state index >= 15 is 0 Å². The number of thiazole rings is 1. The average molecular weight is 333 g/mol. The van der Waals surface area contributed by atoms with Gasteiger partial charge < -0.3 is 0 Å². The van der Waals surface area contributed by atoms with Gasteiger partial charge >= 0.3 is 0 Å². The van der Waals surface area contributed by atoms with Gasteiger partial charge in [-0.05, 0) is 43.5 Å². The van der Waals surface area contributed by atoms with Gasteiger partial charge in [0.2, 0.25) is 14.2 Å². The number of benzene rings is 1. The Bertz CT molecular complexity index is 949. The minimum Gasteiger partial charge on any atom is -0.269 e. The van der Waals surface area contributed by atoms with Gasteiger partial charge in [0.15, 0.2) is 0 Å². The van der Waals surface area contributed by atoms with E-state index in [-0.39, 0.29) is 10.1 Å². The standard InChI is InChI=1S/C15H15N3O2S2/c1-10-4-5-14-13(7-10)16-15(21-14)22(19,20)9-11-8-12-3-2-6-18(12)17-11/h4-5,7-8H,2-3,6,9H2,1H3. The van der Waals surface area contributed by atoms with Gasteiger partial charge in [-0.25, -0.2) is 13.4 Å². The highest BCUT2D eigenvalue weighted by Gasteiger charge is 2.23. The quantitative estimate of drug-likeness (QED) is 0.739. The van der Waals surface area contributed by atoms with Crippen molar-refractivity contribution in [2.45, 2.75) is 36.4 Å². The fourth-order valence-electron chi connectivity index (χ4n) is 2.80. The lowest BCUT2D eigenvalue weighted by atomic mass is 10.2. The Morgan fingerprint density at radius 3 is 3.00 bits per heavy atom. The highest BCUT2D eigenvalue weighted by molar-refractivity contribution is 7.92. The van der Waals surface area contributed by atoms with Crippen LogP contribution in [-0.2, 0) is 28.6 Å². The third-order valence-corrected chi connectivity index (χ3v) is 6.99. The Morgan fingerprint density at radius 2 is 2.18 bits per heavy atom. The van der Waals surface area contributed by atoms with E-state index in [0.717, 1.165) is 40.9 Å². The molecule has 114 valence electrons. The van der Waals surface area contributed by atoms with Crippen LogP contribution in [0.2, 0.25) is 0 Å². The van der Waals surface area contributed by atoms with Crippen molar-refractivity contribution in [3.63, 3.8) is 0 Å². The first-order chi connectivity index (χ1) is 10.5. The van der Waals surface area contributed by atoms with Crippen molar-refractivity contribution in [1.29, 1.82) is 0 Å². The van der Waals surface area contributed by atoms with Crippen molar-refractivity contribution in [2.24, 2.45) is 0 Å². The van der Waals surface area contributed by atoms with Gasteiger partial charge in [0.1, 0.15) is 5.75 Å². The molecule has 4 rings (SSSR count). The largest absolute Gasteiger partial charge is 0.269 e. The minimum atomic E-state index is -3.44. The topological polar surface area (TPSA) is 64.8 Å². The number of aryl methyl sites for hydroxylation is 3. The summed E-state index contributed by atoms with van der Waals surface area (Å²) in [5, 5.41) is 4.38. The predicted octanol–water partition coefficient (Wildman–Crippen LogP) is 2.72. The van der Waals surface area contributed by atoms with Crippen LogP contribution in [0.25, 0.3) is 10.2 Å². The smallest absolute Gasteiger partial charge is 0.211 e. The molecule has 5 nitrogen and oxygen atoms in total. The van der Waals surface area contributed by atoms with Gasteiger partial charge in [-0.3, -0.25) is 4.68 Å². The molecule has 0 amide bonds. The van der Waals surface area contributed by atoms with Crippen molar-refractivity contribution in [1.82, 2.24) is 14.8 Å². The highest BCUT2D eigenvalue weighted by Crippen LogP contribution is 2.28. The molecule has 0 unspecified atom stereocenters. The summed E-state index contributed by atoms with van der Waals surface area (Å²) >= 11 is 1.23. The van der Waals surface area contributed by atoms with E-state index < -0.39 is 9.84 Å².